The third-order valence-electron chi connectivity index (χ3n) is 5.12. The molecular weight excluding hydrogens is 358 g/mol. The molecule has 3 heterocycles. The summed E-state index contributed by atoms with van der Waals surface area (Å²) in [6, 6.07) is 1.97. The number of carbonyl (C=O) groups excluding carboxylic acids is 1. The summed E-state index contributed by atoms with van der Waals surface area (Å²) in [5.41, 5.74) is 1.15. The highest BCUT2D eigenvalue weighted by Gasteiger charge is 2.27. The molecule has 0 aliphatic carbocycles. The first kappa shape index (κ1) is 20.2. The number of hydrogen-bond donors (Lipinski definition) is 0. The molecule has 3 rings (SSSR count). The Labute approximate surface area is 165 Å². The summed E-state index contributed by atoms with van der Waals surface area (Å²) >= 11 is 0. The molecule has 0 atom stereocenters. The zero-order chi connectivity index (χ0) is 20.6. The highest BCUT2D eigenvalue weighted by molar-refractivity contribution is 5.87. The first-order valence-corrected chi connectivity index (χ1v) is 9.78. The van der Waals surface area contributed by atoms with Crippen LogP contribution in [0.3, 0.4) is 0 Å². The maximum atomic E-state index is 12.7. The summed E-state index contributed by atoms with van der Waals surface area (Å²) in [6.07, 6.45) is 3.39. The lowest BCUT2D eigenvalue weighted by atomic mass is 9.97. The number of aromatic nitrogens is 3. The monoisotopic (exact) mass is 389 g/mol. The van der Waals surface area contributed by atoms with Crippen molar-refractivity contribution in [1.29, 1.82) is 0 Å². The van der Waals surface area contributed by atoms with Gasteiger partial charge in [-0.1, -0.05) is 0 Å². The van der Waals surface area contributed by atoms with E-state index in [1.807, 2.05) is 63.6 Å². The smallest absolute Gasteiger partial charge is 0.410 e. The Bertz CT molecular complexity index is 914. The number of nitrogens with zero attached hydrogens (tertiary/aromatic N) is 5. The van der Waals surface area contributed by atoms with Crippen molar-refractivity contribution in [1.82, 2.24) is 19.0 Å². The van der Waals surface area contributed by atoms with Crippen molar-refractivity contribution in [2.24, 2.45) is 13.0 Å². The van der Waals surface area contributed by atoms with Crippen LogP contribution >= 0.6 is 0 Å². The van der Waals surface area contributed by atoms with Gasteiger partial charge >= 0.3 is 11.8 Å². The molecule has 154 valence electrons. The number of amides is 1. The van der Waals surface area contributed by atoms with Gasteiger partial charge in [-0.3, -0.25) is 4.57 Å². The fourth-order valence-corrected chi connectivity index (χ4v) is 3.68. The lowest BCUT2D eigenvalue weighted by Gasteiger charge is -2.33. The highest BCUT2D eigenvalue weighted by atomic mass is 16.6. The van der Waals surface area contributed by atoms with Crippen LogP contribution in [0.2, 0.25) is 0 Å². The van der Waals surface area contributed by atoms with Crippen LogP contribution in [0.15, 0.2) is 17.1 Å². The van der Waals surface area contributed by atoms with Gasteiger partial charge in [0, 0.05) is 47.0 Å². The Morgan fingerprint density at radius 3 is 2.50 bits per heavy atom. The standard InChI is InChI=1S/C20H31N5O3/c1-20(2,3)28-19(27)24-11-7-14(8-12-24)13-25-15-9-10-23(6)16(15)17(22(4)5)21-18(25)26/h9-10,14H,7-8,11-13H2,1-6H3. The number of hydrogen-bond acceptors (Lipinski definition) is 5. The molecule has 2 aromatic heterocycles. The molecule has 0 aromatic carbocycles. The number of ether oxygens (including phenoxy) is 1. The summed E-state index contributed by atoms with van der Waals surface area (Å²) in [5.74, 6) is 1.01. The molecule has 0 spiro atoms. The minimum atomic E-state index is -0.486. The third kappa shape index (κ3) is 4.15. The van der Waals surface area contributed by atoms with Crippen LogP contribution in [0.1, 0.15) is 33.6 Å². The van der Waals surface area contributed by atoms with Crippen LogP contribution in [0.5, 0.6) is 0 Å². The van der Waals surface area contributed by atoms with Gasteiger partial charge in [-0.05, 0) is 45.6 Å². The molecule has 0 bridgehead atoms. The zero-order valence-corrected chi connectivity index (χ0v) is 17.7. The average Bonchev–Trinajstić information content (AvgIpc) is 2.97. The molecule has 28 heavy (non-hydrogen) atoms. The Kier molecular flexibility index (Phi) is 5.41. The molecule has 0 saturated carbocycles. The van der Waals surface area contributed by atoms with Gasteiger partial charge in [0.2, 0.25) is 0 Å². The Balaban J connectivity index is 1.75. The second kappa shape index (κ2) is 7.48. The predicted octanol–water partition coefficient (Wildman–Crippen LogP) is 2.45. The number of rotatable bonds is 3. The van der Waals surface area contributed by atoms with Crippen LogP contribution in [-0.4, -0.2) is 57.9 Å². The fourth-order valence-electron chi connectivity index (χ4n) is 3.68. The molecular formula is C20H31N5O3. The first-order chi connectivity index (χ1) is 13.1. The van der Waals surface area contributed by atoms with Crippen LogP contribution < -0.4 is 10.6 Å². The first-order valence-electron chi connectivity index (χ1n) is 9.78. The summed E-state index contributed by atoms with van der Waals surface area (Å²) < 4.78 is 9.23. The molecule has 1 amide bonds. The molecule has 1 saturated heterocycles. The molecule has 1 fully saturated rings. The molecule has 8 nitrogen and oxygen atoms in total. The molecule has 0 N–H and O–H groups in total. The van der Waals surface area contributed by atoms with Gasteiger partial charge in [0.05, 0.1) is 5.52 Å². The van der Waals surface area contributed by atoms with E-state index in [9.17, 15) is 9.59 Å². The van der Waals surface area contributed by atoms with E-state index in [0.717, 1.165) is 23.9 Å². The van der Waals surface area contributed by atoms with Crippen molar-refractivity contribution in [3.05, 3.63) is 22.7 Å². The number of fused-ring (bicyclic) bond motifs is 1. The van der Waals surface area contributed by atoms with Gasteiger partial charge in [-0.25, -0.2) is 9.59 Å². The normalized spacial score (nSPS) is 15.9. The lowest BCUT2D eigenvalue weighted by molar-refractivity contribution is 0.0178. The number of anilines is 1. The topological polar surface area (TPSA) is 72.6 Å². The molecule has 1 aliphatic rings. The minimum absolute atomic E-state index is 0.225. The van der Waals surface area contributed by atoms with Crippen molar-refractivity contribution in [2.45, 2.75) is 45.8 Å². The predicted molar refractivity (Wildman–Crippen MR) is 110 cm³/mol. The van der Waals surface area contributed by atoms with Crippen molar-refractivity contribution in [3.63, 3.8) is 0 Å². The van der Waals surface area contributed by atoms with Crippen LogP contribution in [0.25, 0.3) is 11.0 Å². The lowest BCUT2D eigenvalue weighted by Crippen LogP contribution is -2.42. The van der Waals surface area contributed by atoms with E-state index in [1.165, 1.54) is 0 Å². The van der Waals surface area contributed by atoms with E-state index in [4.69, 9.17) is 4.74 Å². The van der Waals surface area contributed by atoms with Crippen LogP contribution in [0.4, 0.5) is 10.6 Å². The van der Waals surface area contributed by atoms with E-state index in [1.54, 1.807) is 9.47 Å². The Morgan fingerprint density at radius 1 is 1.29 bits per heavy atom. The van der Waals surface area contributed by atoms with Crippen LogP contribution in [-0.2, 0) is 18.3 Å². The second-order valence-corrected chi connectivity index (χ2v) is 8.79. The van der Waals surface area contributed by atoms with Gasteiger partial charge in [-0.2, -0.15) is 4.98 Å². The molecule has 0 unspecified atom stereocenters. The quantitative estimate of drug-likeness (QED) is 0.806. The van der Waals surface area contributed by atoms with Gasteiger partial charge in [0.1, 0.15) is 11.1 Å². The summed E-state index contributed by atoms with van der Waals surface area (Å²) in [6.45, 7) is 7.53. The summed E-state index contributed by atoms with van der Waals surface area (Å²) in [7, 11) is 5.75. The van der Waals surface area contributed by atoms with Gasteiger partial charge in [-0.15, -0.1) is 0 Å². The number of aryl methyl sites for hydroxylation is 1. The van der Waals surface area contributed by atoms with E-state index in [0.29, 0.717) is 31.4 Å². The highest BCUT2D eigenvalue weighted by Crippen LogP contribution is 2.25. The number of carbonyl (C=O) groups is 1. The molecule has 8 heteroatoms. The van der Waals surface area contributed by atoms with Crippen molar-refractivity contribution in [2.75, 3.05) is 32.1 Å². The van der Waals surface area contributed by atoms with Crippen molar-refractivity contribution in [3.8, 4) is 0 Å². The summed E-state index contributed by atoms with van der Waals surface area (Å²) in [4.78, 5) is 32.9. The maximum Gasteiger partial charge on any atom is 0.410 e. The van der Waals surface area contributed by atoms with Gasteiger partial charge < -0.3 is 19.1 Å². The van der Waals surface area contributed by atoms with Crippen LogP contribution in [0, 0.1) is 5.92 Å². The zero-order valence-electron chi connectivity index (χ0n) is 17.7. The van der Waals surface area contributed by atoms with Gasteiger partial charge in [0.15, 0.2) is 5.82 Å². The van der Waals surface area contributed by atoms with E-state index >= 15 is 0 Å². The van der Waals surface area contributed by atoms with Gasteiger partial charge in [0.25, 0.3) is 0 Å². The molecule has 0 radical (unpaired) electrons. The fraction of sp³-hybridized carbons (Fsp3) is 0.650. The van der Waals surface area contributed by atoms with E-state index in [-0.39, 0.29) is 11.8 Å². The summed E-state index contributed by atoms with van der Waals surface area (Å²) in [5, 5.41) is 0. The van der Waals surface area contributed by atoms with Crippen molar-refractivity contribution < 1.29 is 9.53 Å². The van der Waals surface area contributed by atoms with Crippen molar-refractivity contribution >= 4 is 22.9 Å². The molecule has 2 aromatic rings. The largest absolute Gasteiger partial charge is 0.444 e. The minimum Gasteiger partial charge on any atom is -0.444 e. The Morgan fingerprint density at radius 2 is 1.93 bits per heavy atom. The van der Waals surface area contributed by atoms with E-state index in [2.05, 4.69) is 4.98 Å². The second-order valence-electron chi connectivity index (χ2n) is 8.79. The average molecular weight is 390 g/mol. The maximum absolute atomic E-state index is 12.7. The SMILES string of the molecule is CN(C)c1nc(=O)n(CC2CCN(C(=O)OC(C)(C)C)CC2)c2ccn(C)c12. The number of likely N-dealkylation sites (tertiary alicyclic amines) is 1. The third-order valence-corrected chi connectivity index (χ3v) is 5.12. The number of piperidine rings is 1. The molecule has 1 aliphatic heterocycles. The van der Waals surface area contributed by atoms with E-state index < -0.39 is 5.60 Å². The Hall–Kier alpha value is -2.51.